The summed E-state index contributed by atoms with van der Waals surface area (Å²) in [4.78, 5) is 19.1. The zero-order valence-corrected chi connectivity index (χ0v) is 15.6. The highest BCUT2D eigenvalue weighted by atomic mass is 16.5. The highest BCUT2D eigenvalue weighted by Crippen LogP contribution is 2.31. The van der Waals surface area contributed by atoms with Gasteiger partial charge in [0.25, 0.3) is 5.91 Å². The summed E-state index contributed by atoms with van der Waals surface area (Å²) in [5.74, 6) is 0.786. The van der Waals surface area contributed by atoms with Crippen molar-refractivity contribution in [2.24, 2.45) is 0 Å². The van der Waals surface area contributed by atoms with Gasteiger partial charge in [-0.25, -0.2) is 4.98 Å². The Kier molecular flexibility index (Phi) is 5.34. The van der Waals surface area contributed by atoms with Gasteiger partial charge in [-0.1, -0.05) is 35.5 Å². The topological polar surface area (TPSA) is 98.3 Å². The van der Waals surface area contributed by atoms with Gasteiger partial charge in [-0.2, -0.15) is 5.10 Å². The maximum absolute atomic E-state index is 13.2. The molecule has 0 bridgehead atoms. The predicted octanol–water partition coefficient (Wildman–Crippen LogP) is 1.59. The fourth-order valence-corrected chi connectivity index (χ4v) is 3.21. The van der Waals surface area contributed by atoms with Crippen LogP contribution in [0.15, 0.2) is 47.5 Å². The number of ether oxygens (including phenoxy) is 1. The van der Waals surface area contributed by atoms with Crippen molar-refractivity contribution < 1.29 is 14.1 Å². The fraction of sp³-hybridized carbons (Fsp3) is 0.368. The standard InChI is InChI=1S/C19H22N6O3/c1-14(11-25-13-20-12-21-25)22-19(26)16-17(15-5-3-2-4-6-15)28-23-18(16)24-7-9-27-10-8-24/h2-6,12-14H,7-11H2,1H3,(H,22,26). The van der Waals surface area contributed by atoms with Gasteiger partial charge in [-0.15, -0.1) is 0 Å². The number of morpholine rings is 1. The van der Waals surface area contributed by atoms with E-state index in [9.17, 15) is 4.79 Å². The van der Waals surface area contributed by atoms with E-state index in [4.69, 9.17) is 9.26 Å². The second-order valence-electron chi connectivity index (χ2n) is 6.67. The van der Waals surface area contributed by atoms with Crippen molar-refractivity contribution in [3.05, 3.63) is 48.5 Å². The van der Waals surface area contributed by atoms with Crippen LogP contribution in [0.3, 0.4) is 0 Å². The van der Waals surface area contributed by atoms with Crippen molar-refractivity contribution in [3.8, 4) is 11.3 Å². The number of nitrogens with one attached hydrogen (secondary N) is 1. The summed E-state index contributed by atoms with van der Waals surface area (Å²) in [7, 11) is 0. The quantitative estimate of drug-likeness (QED) is 0.691. The maximum Gasteiger partial charge on any atom is 0.259 e. The van der Waals surface area contributed by atoms with Gasteiger partial charge in [0.2, 0.25) is 0 Å². The van der Waals surface area contributed by atoms with Crippen LogP contribution < -0.4 is 10.2 Å². The molecule has 1 atom stereocenters. The molecule has 9 nitrogen and oxygen atoms in total. The molecule has 1 aromatic carbocycles. The largest absolute Gasteiger partial charge is 0.378 e. The number of nitrogens with zero attached hydrogens (tertiary/aromatic N) is 5. The molecular weight excluding hydrogens is 360 g/mol. The molecule has 1 amide bonds. The molecule has 0 spiro atoms. The molecule has 28 heavy (non-hydrogen) atoms. The number of benzene rings is 1. The van der Waals surface area contributed by atoms with E-state index >= 15 is 0 Å². The molecule has 1 aliphatic heterocycles. The maximum atomic E-state index is 13.2. The van der Waals surface area contributed by atoms with E-state index in [-0.39, 0.29) is 11.9 Å². The average molecular weight is 382 g/mol. The molecule has 1 saturated heterocycles. The first-order chi connectivity index (χ1) is 13.7. The van der Waals surface area contributed by atoms with Crippen molar-refractivity contribution in [1.82, 2.24) is 25.2 Å². The van der Waals surface area contributed by atoms with Crippen LogP contribution in [-0.4, -0.2) is 58.2 Å². The van der Waals surface area contributed by atoms with Gasteiger partial charge in [-0.3, -0.25) is 9.48 Å². The molecule has 0 saturated carbocycles. The second kappa shape index (κ2) is 8.22. The van der Waals surface area contributed by atoms with Gasteiger partial charge in [-0.05, 0) is 6.92 Å². The SMILES string of the molecule is CC(Cn1cncn1)NC(=O)c1c(N2CCOCC2)noc1-c1ccccc1. The number of carbonyl (C=O) groups is 1. The zero-order valence-electron chi connectivity index (χ0n) is 15.6. The molecule has 3 aromatic rings. The van der Waals surface area contributed by atoms with Crippen LogP contribution in [0.5, 0.6) is 0 Å². The molecule has 1 N–H and O–H groups in total. The average Bonchev–Trinajstić information content (AvgIpc) is 3.39. The Morgan fingerprint density at radius 1 is 1.25 bits per heavy atom. The molecule has 3 heterocycles. The highest BCUT2D eigenvalue weighted by molar-refractivity contribution is 6.04. The molecule has 0 radical (unpaired) electrons. The summed E-state index contributed by atoms with van der Waals surface area (Å²) in [5.41, 5.74) is 1.25. The number of carbonyl (C=O) groups excluding carboxylic acids is 1. The second-order valence-corrected chi connectivity index (χ2v) is 6.67. The van der Waals surface area contributed by atoms with E-state index in [0.717, 1.165) is 5.56 Å². The number of anilines is 1. The van der Waals surface area contributed by atoms with Crippen LogP contribution in [0.2, 0.25) is 0 Å². The molecular formula is C19H22N6O3. The smallest absolute Gasteiger partial charge is 0.259 e. The Morgan fingerprint density at radius 2 is 2.04 bits per heavy atom. The summed E-state index contributed by atoms with van der Waals surface area (Å²) in [6.45, 7) is 4.95. The molecule has 1 unspecified atom stereocenters. The van der Waals surface area contributed by atoms with E-state index in [1.54, 1.807) is 11.0 Å². The minimum atomic E-state index is -0.228. The third-order valence-electron chi connectivity index (χ3n) is 4.55. The van der Waals surface area contributed by atoms with Crippen molar-refractivity contribution in [2.45, 2.75) is 19.5 Å². The molecule has 146 valence electrons. The monoisotopic (exact) mass is 382 g/mol. The first-order valence-electron chi connectivity index (χ1n) is 9.23. The van der Waals surface area contributed by atoms with Gasteiger partial charge in [0.15, 0.2) is 11.6 Å². The van der Waals surface area contributed by atoms with Crippen molar-refractivity contribution in [1.29, 1.82) is 0 Å². The Bertz CT molecular complexity index is 903. The van der Waals surface area contributed by atoms with Gasteiger partial charge in [0, 0.05) is 24.7 Å². The van der Waals surface area contributed by atoms with E-state index in [2.05, 4.69) is 20.6 Å². The lowest BCUT2D eigenvalue weighted by molar-refractivity contribution is 0.0935. The van der Waals surface area contributed by atoms with Crippen LogP contribution in [0.4, 0.5) is 5.82 Å². The Morgan fingerprint density at radius 3 is 2.75 bits per heavy atom. The molecule has 0 aliphatic carbocycles. The van der Waals surface area contributed by atoms with E-state index < -0.39 is 0 Å². The number of rotatable bonds is 6. The normalized spacial score (nSPS) is 15.4. The molecule has 9 heteroatoms. The Hall–Kier alpha value is -3.20. The number of hydrogen-bond acceptors (Lipinski definition) is 7. The number of amides is 1. The lowest BCUT2D eigenvalue weighted by Crippen LogP contribution is -2.40. The lowest BCUT2D eigenvalue weighted by atomic mass is 10.1. The van der Waals surface area contributed by atoms with E-state index in [0.29, 0.717) is 50.0 Å². The Labute approximate surface area is 162 Å². The summed E-state index contributed by atoms with van der Waals surface area (Å²) >= 11 is 0. The van der Waals surface area contributed by atoms with Gasteiger partial charge < -0.3 is 19.5 Å². The van der Waals surface area contributed by atoms with Gasteiger partial charge in [0.05, 0.1) is 19.8 Å². The van der Waals surface area contributed by atoms with E-state index in [1.165, 1.54) is 6.33 Å². The molecule has 4 rings (SSSR count). The summed E-state index contributed by atoms with van der Waals surface area (Å²) < 4.78 is 12.7. The van der Waals surface area contributed by atoms with Crippen LogP contribution in [-0.2, 0) is 11.3 Å². The first kappa shape index (κ1) is 18.2. The van der Waals surface area contributed by atoms with Crippen LogP contribution in [0.1, 0.15) is 17.3 Å². The van der Waals surface area contributed by atoms with Crippen LogP contribution in [0, 0.1) is 0 Å². The Balaban J connectivity index is 1.62. The number of hydrogen-bond donors (Lipinski definition) is 1. The summed E-state index contributed by atoms with van der Waals surface area (Å²) in [5, 5.41) is 11.3. The summed E-state index contributed by atoms with van der Waals surface area (Å²) in [6, 6.07) is 9.38. The molecule has 1 fully saturated rings. The predicted molar refractivity (Wildman–Crippen MR) is 102 cm³/mol. The first-order valence-corrected chi connectivity index (χ1v) is 9.23. The van der Waals surface area contributed by atoms with Crippen molar-refractivity contribution in [2.75, 3.05) is 31.2 Å². The van der Waals surface area contributed by atoms with Crippen LogP contribution >= 0.6 is 0 Å². The minimum Gasteiger partial charge on any atom is -0.378 e. The van der Waals surface area contributed by atoms with Gasteiger partial charge >= 0.3 is 0 Å². The molecule has 1 aliphatic rings. The zero-order chi connectivity index (χ0) is 19.3. The van der Waals surface area contributed by atoms with Crippen molar-refractivity contribution in [3.63, 3.8) is 0 Å². The number of aromatic nitrogens is 4. The third kappa shape index (κ3) is 3.89. The highest BCUT2D eigenvalue weighted by Gasteiger charge is 2.29. The van der Waals surface area contributed by atoms with E-state index in [1.807, 2.05) is 42.2 Å². The van der Waals surface area contributed by atoms with Crippen molar-refractivity contribution >= 4 is 11.7 Å². The third-order valence-corrected chi connectivity index (χ3v) is 4.55. The van der Waals surface area contributed by atoms with Gasteiger partial charge in [0.1, 0.15) is 18.2 Å². The fourth-order valence-electron chi connectivity index (χ4n) is 3.21. The van der Waals surface area contributed by atoms with Crippen LogP contribution in [0.25, 0.3) is 11.3 Å². The minimum absolute atomic E-state index is 0.148. The lowest BCUT2D eigenvalue weighted by Gasteiger charge is -2.27. The molecule has 2 aromatic heterocycles. The summed E-state index contributed by atoms with van der Waals surface area (Å²) in [6.07, 6.45) is 3.09.